The highest BCUT2D eigenvalue weighted by atomic mass is 16.1. The normalized spacial score (nSPS) is 17.0. The maximum absolute atomic E-state index is 12.8. The quantitative estimate of drug-likeness (QED) is 0.870. The van der Waals surface area contributed by atoms with E-state index in [9.17, 15) is 4.79 Å². The van der Waals surface area contributed by atoms with Gasteiger partial charge in [-0.25, -0.2) is 9.97 Å². The van der Waals surface area contributed by atoms with E-state index < -0.39 is 0 Å². The number of H-pyrrole nitrogens is 1. The molecule has 0 aliphatic heterocycles. The van der Waals surface area contributed by atoms with E-state index in [1.165, 1.54) is 25.6 Å². The van der Waals surface area contributed by atoms with Crippen molar-refractivity contribution in [3.63, 3.8) is 0 Å². The van der Waals surface area contributed by atoms with Gasteiger partial charge in [-0.3, -0.25) is 4.79 Å². The van der Waals surface area contributed by atoms with Crippen molar-refractivity contribution < 1.29 is 4.79 Å². The number of carbonyl (C=O) groups excluding carboxylic acids is 1. The second-order valence-electron chi connectivity index (χ2n) is 6.60. The average molecular weight is 329 g/mol. The van der Waals surface area contributed by atoms with E-state index in [0.717, 1.165) is 18.5 Å². The van der Waals surface area contributed by atoms with Crippen LogP contribution in [0.25, 0.3) is 0 Å². The maximum Gasteiger partial charge on any atom is 0.255 e. The Kier molecular flexibility index (Phi) is 5.12. The Morgan fingerprint density at radius 2 is 2.08 bits per heavy atom. The van der Waals surface area contributed by atoms with Crippen LogP contribution in [0.3, 0.4) is 0 Å². The summed E-state index contributed by atoms with van der Waals surface area (Å²) in [6.45, 7) is 4.02. The minimum absolute atomic E-state index is 0.145. The first-order valence-electron chi connectivity index (χ1n) is 8.51. The van der Waals surface area contributed by atoms with E-state index in [4.69, 9.17) is 0 Å². The van der Waals surface area contributed by atoms with Gasteiger partial charge in [0, 0.05) is 6.20 Å². The molecular formula is C16H23N7O. The molecule has 0 spiro atoms. The van der Waals surface area contributed by atoms with Gasteiger partial charge in [-0.15, -0.1) is 10.2 Å². The molecule has 2 aromatic heterocycles. The zero-order chi connectivity index (χ0) is 16.9. The van der Waals surface area contributed by atoms with Crippen LogP contribution < -0.4 is 5.32 Å². The zero-order valence-corrected chi connectivity index (χ0v) is 14.1. The summed E-state index contributed by atoms with van der Waals surface area (Å²) in [5.74, 6) is 0.831. The lowest BCUT2D eigenvalue weighted by Crippen LogP contribution is -2.36. The van der Waals surface area contributed by atoms with Crippen LogP contribution in [-0.4, -0.2) is 36.5 Å². The van der Waals surface area contributed by atoms with Gasteiger partial charge >= 0.3 is 0 Å². The Morgan fingerprint density at radius 3 is 2.75 bits per heavy atom. The van der Waals surface area contributed by atoms with Crippen molar-refractivity contribution in [1.82, 2.24) is 35.9 Å². The lowest BCUT2D eigenvalue weighted by Gasteiger charge is -2.29. The molecule has 3 rings (SSSR count). The van der Waals surface area contributed by atoms with Gasteiger partial charge in [0.25, 0.3) is 5.91 Å². The van der Waals surface area contributed by atoms with Crippen molar-refractivity contribution in [3.05, 3.63) is 29.6 Å². The van der Waals surface area contributed by atoms with Crippen molar-refractivity contribution in [2.75, 3.05) is 0 Å². The van der Waals surface area contributed by atoms with E-state index in [1.807, 2.05) is 13.8 Å². The summed E-state index contributed by atoms with van der Waals surface area (Å²) in [5.41, 5.74) is 1.26. The SMILES string of the molecule is CC(C)c1ncncc1C(=O)NC(c1nn[nH]n1)C1CCCCC1. The van der Waals surface area contributed by atoms with Gasteiger partial charge in [-0.2, -0.15) is 5.21 Å². The van der Waals surface area contributed by atoms with Gasteiger partial charge in [0.2, 0.25) is 0 Å². The van der Waals surface area contributed by atoms with E-state index in [1.54, 1.807) is 6.20 Å². The van der Waals surface area contributed by atoms with Gasteiger partial charge in [0.1, 0.15) is 6.33 Å². The van der Waals surface area contributed by atoms with Crippen molar-refractivity contribution in [2.24, 2.45) is 5.92 Å². The second kappa shape index (κ2) is 7.46. The highest BCUT2D eigenvalue weighted by molar-refractivity contribution is 5.95. The molecule has 1 amide bonds. The average Bonchev–Trinajstić information content (AvgIpc) is 3.14. The molecular weight excluding hydrogens is 306 g/mol. The lowest BCUT2D eigenvalue weighted by atomic mass is 9.83. The number of carbonyl (C=O) groups is 1. The second-order valence-corrected chi connectivity index (χ2v) is 6.60. The molecule has 128 valence electrons. The Hall–Kier alpha value is -2.38. The minimum Gasteiger partial charge on any atom is -0.341 e. The maximum atomic E-state index is 12.8. The fraction of sp³-hybridized carbons (Fsp3) is 0.625. The van der Waals surface area contributed by atoms with Crippen LogP contribution in [-0.2, 0) is 0 Å². The molecule has 1 unspecified atom stereocenters. The molecule has 8 nitrogen and oxygen atoms in total. The molecule has 0 saturated heterocycles. The van der Waals surface area contributed by atoms with Gasteiger partial charge < -0.3 is 5.32 Å². The number of hydrogen-bond donors (Lipinski definition) is 2. The summed E-state index contributed by atoms with van der Waals surface area (Å²) in [4.78, 5) is 21.1. The molecule has 1 atom stereocenters. The largest absolute Gasteiger partial charge is 0.341 e. The third kappa shape index (κ3) is 3.58. The Morgan fingerprint density at radius 1 is 1.29 bits per heavy atom. The molecule has 1 aliphatic carbocycles. The van der Waals surface area contributed by atoms with Gasteiger partial charge in [0.15, 0.2) is 5.82 Å². The third-order valence-corrected chi connectivity index (χ3v) is 4.58. The van der Waals surface area contributed by atoms with Crippen molar-refractivity contribution in [2.45, 2.75) is 57.9 Å². The third-order valence-electron chi connectivity index (χ3n) is 4.58. The summed E-state index contributed by atoms with van der Waals surface area (Å²) in [7, 11) is 0. The number of tetrazole rings is 1. The van der Waals surface area contributed by atoms with Crippen LogP contribution in [0.4, 0.5) is 0 Å². The van der Waals surface area contributed by atoms with Crippen LogP contribution >= 0.6 is 0 Å². The molecule has 1 aliphatic rings. The van der Waals surface area contributed by atoms with Crippen molar-refractivity contribution in [1.29, 1.82) is 0 Å². The van der Waals surface area contributed by atoms with E-state index >= 15 is 0 Å². The first-order chi connectivity index (χ1) is 11.7. The summed E-state index contributed by atoms with van der Waals surface area (Å²) >= 11 is 0. The van der Waals surface area contributed by atoms with Crippen LogP contribution in [0.5, 0.6) is 0 Å². The van der Waals surface area contributed by atoms with E-state index in [-0.39, 0.29) is 17.9 Å². The van der Waals surface area contributed by atoms with Crippen molar-refractivity contribution >= 4 is 5.91 Å². The monoisotopic (exact) mass is 329 g/mol. The predicted octanol–water partition coefficient (Wildman–Crippen LogP) is 2.16. The molecule has 2 heterocycles. The molecule has 1 fully saturated rings. The predicted molar refractivity (Wildman–Crippen MR) is 87.1 cm³/mol. The lowest BCUT2D eigenvalue weighted by molar-refractivity contribution is 0.0906. The fourth-order valence-electron chi connectivity index (χ4n) is 3.36. The van der Waals surface area contributed by atoms with Crippen LogP contribution in [0.2, 0.25) is 0 Å². The number of aromatic nitrogens is 6. The molecule has 8 heteroatoms. The first kappa shape index (κ1) is 16.5. The molecule has 2 N–H and O–H groups in total. The highest BCUT2D eigenvalue weighted by Crippen LogP contribution is 2.33. The number of amides is 1. The summed E-state index contributed by atoms with van der Waals surface area (Å²) in [5, 5.41) is 17.4. The van der Waals surface area contributed by atoms with E-state index in [0.29, 0.717) is 17.3 Å². The van der Waals surface area contributed by atoms with Crippen molar-refractivity contribution in [3.8, 4) is 0 Å². The van der Waals surface area contributed by atoms with Crippen LogP contribution in [0.15, 0.2) is 12.5 Å². The first-order valence-corrected chi connectivity index (χ1v) is 8.51. The minimum atomic E-state index is -0.239. The molecule has 24 heavy (non-hydrogen) atoms. The molecule has 0 radical (unpaired) electrons. The molecule has 2 aromatic rings. The summed E-state index contributed by atoms with van der Waals surface area (Å²) < 4.78 is 0. The summed E-state index contributed by atoms with van der Waals surface area (Å²) in [6, 6.07) is -0.239. The standard InChI is InChI=1S/C16H23N7O/c1-10(2)13-12(8-17-9-18-13)16(24)19-14(15-20-22-23-21-15)11-6-4-3-5-7-11/h8-11,14H,3-7H2,1-2H3,(H,19,24)(H,20,21,22,23). The number of nitrogens with one attached hydrogen (secondary N) is 2. The highest BCUT2D eigenvalue weighted by Gasteiger charge is 2.30. The van der Waals surface area contributed by atoms with Crippen LogP contribution in [0, 0.1) is 5.92 Å². The topological polar surface area (TPSA) is 109 Å². The fourth-order valence-corrected chi connectivity index (χ4v) is 3.36. The number of rotatable bonds is 5. The zero-order valence-electron chi connectivity index (χ0n) is 14.1. The smallest absolute Gasteiger partial charge is 0.255 e. The van der Waals surface area contributed by atoms with Gasteiger partial charge in [-0.05, 0) is 24.7 Å². The molecule has 0 aromatic carbocycles. The Bertz CT molecular complexity index is 665. The molecule has 1 saturated carbocycles. The Labute approximate surface area is 140 Å². The number of nitrogens with zero attached hydrogens (tertiary/aromatic N) is 5. The van der Waals surface area contributed by atoms with Crippen LogP contribution in [0.1, 0.15) is 79.8 Å². The van der Waals surface area contributed by atoms with Gasteiger partial charge in [0.05, 0.1) is 17.3 Å². The van der Waals surface area contributed by atoms with E-state index in [2.05, 4.69) is 35.9 Å². The van der Waals surface area contributed by atoms with Gasteiger partial charge in [-0.1, -0.05) is 38.3 Å². The summed E-state index contributed by atoms with van der Waals surface area (Å²) in [6.07, 6.45) is 8.74. The number of hydrogen-bond acceptors (Lipinski definition) is 6. The number of aromatic amines is 1. The molecule has 0 bridgehead atoms. The Balaban J connectivity index is 1.83.